The van der Waals surface area contributed by atoms with Gasteiger partial charge in [0.05, 0.1) is 22.5 Å². The molecule has 4 rings (SSSR count). The normalized spacial score (nSPS) is 12.5. The third-order valence-electron chi connectivity index (χ3n) is 5.87. The Labute approximate surface area is 217 Å². The molecule has 198 valence electrons. The Balaban J connectivity index is 1.91. The van der Waals surface area contributed by atoms with E-state index in [1.807, 2.05) is 6.92 Å². The van der Waals surface area contributed by atoms with E-state index >= 15 is 0 Å². The molecule has 1 atom stereocenters. The number of thiophene rings is 1. The smallest absolute Gasteiger partial charge is 0.365 e. The molecule has 3 N–H and O–H groups in total. The second-order valence-corrected chi connectivity index (χ2v) is 9.53. The molecule has 0 radical (unpaired) electrons. The van der Waals surface area contributed by atoms with Gasteiger partial charge in [0.25, 0.3) is 11.8 Å². The molecule has 0 saturated heterocycles. The minimum absolute atomic E-state index is 0.0861. The Hall–Kier alpha value is -4.33. The zero-order valence-corrected chi connectivity index (χ0v) is 21.1. The molecule has 10 nitrogen and oxygen atoms in total. The number of nitrogens with two attached hydrogens (primary N) is 1. The highest BCUT2D eigenvalue weighted by atomic mass is 32.1. The molecular weight excluding hydrogens is 525 g/mol. The fourth-order valence-electron chi connectivity index (χ4n) is 4.05. The Bertz CT molecular complexity index is 1580. The van der Waals surface area contributed by atoms with Gasteiger partial charge in [-0.05, 0) is 42.4 Å². The van der Waals surface area contributed by atoms with Gasteiger partial charge >= 0.3 is 12.0 Å². The number of primary amides is 1. The number of fused-ring (bicyclic) bond motifs is 1. The summed E-state index contributed by atoms with van der Waals surface area (Å²) in [6.07, 6.45) is -4.60. The van der Waals surface area contributed by atoms with Gasteiger partial charge in [0.15, 0.2) is 6.04 Å². The summed E-state index contributed by atoms with van der Waals surface area (Å²) in [4.78, 5) is 39.6. The fraction of sp³-hybridized carbons (Fsp3) is 0.250. The number of benzene rings is 1. The zero-order valence-electron chi connectivity index (χ0n) is 20.3. The molecule has 0 bridgehead atoms. The second-order valence-electron chi connectivity index (χ2n) is 8.53. The summed E-state index contributed by atoms with van der Waals surface area (Å²) in [7, 11) is 0. The summed E-state index contributed by atoms with van der Waals surface area (Å²) in [6.45, 7) is 5.02. The van der Waals surface area contributed by atoms with Crippen LogP contribution in [0.4, 0.5) is 24.7 Å². The number of nitrogens with zero attached hydrogens (tertiary/aromatic N) is 4. The number of nitrogens with one attached hydrogen (secondary N) is 1. The van der Waals surface area contributed by atoms with Crippen LogP contribution in [0, 0.1) is 24.0 Å². The number of rotatable bonds is 7. The van der Waals surface area contributed by atoms with Gasteiger partial charge in [0, 0.05) is 5.39 Å². The lowest BCUT2D eigenvalue weighted by Gasteiger charge is -2.16. The SMILES string of the molecule is CCC(C(=O)Nc1c(C(N)=O)sc2nc(C(F)(F)F)cc(-c3ccc(C)cc3)c12)n1nc([N+](=O)[O-])cc1C. The molecule has 0 saturated carbocycles. The molecule has 4 aromatic rings. The van der Waals surface area contributed by atoms with E-state index in [2.05, 4.69) is 15.4 Å². The molecule has 0 aliphatic rings. The standard InChI is InChI=1S/C24H21F3N6O4S/c1-4-15(32-12(3)9-17(31-32)33(36)37)22(35)30-19-18-14(13-7-5-11(2)6-8-13)10-16(24(25,26)27)29-23(18)38-20(19)21(28)34/h5-10,15H,4H2,1-3H3,(H2,28,34)(H,30,35). The van der Waals surface area contributed by atoms with Crippen molar-refractivity contribution in [3.05, 3.63) is 68.3 Å². The molecular formula is C24H21F3N6O4S. The van der Waals surface area contributed by atoms with Crippen molar-refractivity contribution in [2.24, 2.45) is 5.73 Å². The molecule has 38 heavy (non-hydrogen) atoms. The lowest BCUT2D eigenvalue weighted by atomic mass is 10.00. The van der Waals surface area contributed by atoms with Crippen molar-refractivity contribution in [1.82, 2.24) is 14.8 Å². The Morgan fingerprint density at radius 3 is 2.39 bits per heavy atom. The highest BCUT2D eigenvalue weighted by molar-refractivity contribution is 7.21. The van der Waals surface area contributed by atoms with E-state index in [0.717, 1.165) is 11.6 Å². The first kappa shape index (κ1) is 26.7. The zero-order chi connectivity index (χ0) is 27.9. The summed E-state index contributed by atoms with van der Waals surface area (Å²) in [5.74, 6) is -2.10. The van der Waals surface area contributed by atoms with Crippen molar-refractivity contribution >= 4 is 44.9 Å². The van der Waals surface area contributed by atoms with Gasteiger partial charge in [-0.2, -0.15) is 17.9 Å². The summed E-state index contributed by atoms with van der Waals surface area (Å²) in [6, 6.07) is 7.73. The number of hydrogen-bond donors (Lipinski definition) is 2. The number of pyridine rings is 1. The Morgan fingerprint density at radius 2 is 1.87 bits per heavy atom. The maximum atomic E-state index is 13.7. The van der Waals surface area contributed by atoms with Gasteiger partial charge in [-0.1, -0.05) is 36.8 Å². The van der Waals surface area contributed by atoms with Gasteiger partial charge in [-0.15, -0.1) is 11.3 Å². The van der Waals surface area contributed by atoms with E-state index in [1.165, 1.54) is 10.7 Å². The lowest BCUT2D eigenvalue weighted by molar-refractivity contribution is -0.389. The van der Waals surface area contributed by atoms with Crippen molar-refractivity contribution in [3.8, 4) is 11.1 Å². The maximum Gasteiger partial charge on any atom is 0.433 e. The molecule has 1 aromatic carbocycles. The molecule has 3 aromatic heterocycles. The van der Waals surface area contributed by atoms with E-state index in [9.17, 15) is 32.9 Å². The van der Waals surface area contributed by atoms with E-state index in [0.29, 0.717) is 22.6 Å². The number of alkyl halides is 3. The van der Waals surface area contributed by atoms with Crippen LogP contribution in [0.15, 0.2) is 36.4 Å². The molecule has 0 aliphatic heterocycles. The monoisotopic (exact) mass is 546 g/mol. The molecule has 14 heteroatoms. The molecule has 2 amide bonds. The van der Waals surface area contributed by atoms with Crippen LogP contribution < -0.4 is 11.1 Å². The van der Waals surface area contributed by atoms with E-state index in [-0.39, 0.29) is 32.8 Å². The van der Waals surface area contributed by atoms with Crippen LogP contribution in [-0.4, -0.2) is 31.5 Å². The number of carbonyl (C=O) groups is 2. The van der Waals surface area contributed by atoms with Gasteiger partial charge in [-0.25, -0.2) is 4.98 Å². The van der Waals surface area contributed by atoms with Crippen LogP contribution in [0.3, 0.4) is 0 Å². The largest absolute Gasteiger partial charge is 0.433 e. The number of amides is 2. The molecule has 0 spiro atoms. The highest BCUT2D eigenvalue weighted by Gasteiger charge is 2.36. The minimum atomic E-state index is -4.77. The average molecular weight is 547 g/mol. The van der Waals surface area contributed by atoms with E-state index in [4.69, 9.17) is 5.73 Å². The summed E-state index contributed by atoms with van der Waals surface area (Å²) in [5, 5.41) is 17.8. The first-order valence-corrected chi connectivity index (χ1v) is 12.1. The topological polar surface area (TPSA) is 146 Å². The number of nitro groups is 1. The van der Waals surface area contributed by atoms with Gasteiger partial charge in [0.2, 0.25) is 0 Å². The number of aromatic nitrogens is 3. The number of hydrogen-bond acceptors (Lipinski definition) is 7. The first-order chi connectivity index (χ1) is 17.8. The Morgan fingerprint density at radius 1 is 1.21 bits per heavy atom. The van der Waals surface area contributed by atoms with Crippen LogP contribution in [-0.2, 0) is 11.0 Å². The summed E-state index contributed by atoms with van der Waals surface area (Å²) in [5.41, 5.74) is 6.02. The van der Waals surface area contributed by atoms with Gasteiger partial charge in [0.1, 0.15) is 15.4 Å². The van der Waals surface area contributed by atoms with Crippen LogP contribution in [0.1, 0.15) is 46.0 Å². The van der Waals surface area contributed by atoms with Crippen molar-refractivity contribution in [2.45, 2.75) is 39.4 Å². The molecule has 3 heterocycles. The molecule has 1 unspecified atom stereocenters. The molecule has 0 fully saturated rings. The summed E-state index contributed by atoms with van der Waals surface area (Å²) >= 11 is 0.630. The van der Waals surface area contributed by atoms with Crippen molar-refractivity contribution in [1.29, 1.82) is 0 Å². The van der Waals surface area contributed by atoms with Crippen LogP contribution in [0.5, 0.6) is 0 Å². The van der Waals surface area contributed by atoms with Gasteiger partial charge in [-0.3, -0.25) is 9.59 Å². The maximum absolute atomic E-state index is 13.7. The number of aryl methyl sites for hydroxylation is 2. The van der Waals surface area contributed by atoms with Crippen LogP contribution >= 0.6 is 11.3 Å². The average Bonchev–Trinajstić information content (AvgIpc) is 3.40. The van der Waals surface area contributed by atoms with Crippen LogP contribution in [0.2, 0.25) is 0 Å². The second kappa shape index (κ2) is 9.85. The fourth-order valence-corrected chi connectivity index (χ4v) is 5.06. The predicted octanol–water partition coefficient (Wildman–Crippen LogP) is 5.39. The van der Waals surface area contributed by atoms with E-state index < -0.39 is 40.5 Å². The predicted molar refractivity (Wildman–Crippen MR) is 135 cm³/mol. The third-order valence-corrected chi connectivity index (χ3v) is 6.97. The summed E-state index contributed by atoms with van der Waals surface area (Å²) < 4.78 is 42.3. The number of halogens is 3. The molecule has 0 aliphatic carbocycles. The first-order valence-electron chi connectivity index (χ1n) is 11.2. The number of anilines is 1. The third kappa shape index (κ3) is 4.94. The Kier molecular flexibility index (Phi) is 6.93. The highest BCUT2D eigenvalue weighted by Crippen LogP contribution is 2.44. The van der Waals surface area contributed by atoms with Crippen molar-refractivity contribution in [2.75, 3.05) is 5.32 Å². The quantitative estimate of drug-likeness (QED) is 0.235. The van der Waals surface area contributed by atoms with Gasteiger partial charge < -0.3 is 21.2 Å². The van der Waals surface area contributed by atoms with Crippen LogP contribution in [0.25, 0.3) is 21.3 Å². The lowest BCUT2D eigenvalue weighted by Crippen LogP contribution is -2.28. The van der Waals surface area contributed by atoms with Crippen molar-refractivity contribution in [3.63, 3.8) is 0 Å². The van der Waals surface area contributed by atoms with Crippen molar-refractivity contribution < 1.29 is 27.7 Å². The number of carbonyl (C=O) groups excluding carboxylic acids is 2. The minimum Gasteiger partial charge on any atom is -0.365 e. The van der Waals surface area contributed by atoms with E-state index in [1.54, 1.807) is 38.1 Å².